The number of rotatable bonds is 0. The number of benzene rings is 1. The summed E-state index contributed by atoms with van der Waals surface area (Å²) < 4.78 is 0. The fraction of sp³-hybridized carbons (Fsp3) is 0.200. The third kappa shape index (κ3) is 155. The molecule has 6 N–H and O–H groups in total. The van der Waals surface area contributed by atoms with Gasteiger partial charge in [0.1, 0.15) is 0 Å². The first-order chi connectivity index (χ1) is 9.00. The molecule has 1 aromatic carbocycles. The maximum Gasteiger partial charge on any atom is 3.00 e. The molecule has 0 bridgehead atoms. The van der Waals surface area contributed by atoms with E-state index in [2.05, 4.69) is 43.5 Å². The van der Waals surface area contributed by atoms with Crippen LogP contribution in [0, 0.1) is 19.9 Å². The molecule has 1 aromatic rings. The van der Waals surface area contributed by atoms with Gasteiger partial charge < -0.3 is 43.2 Å². The summed E-state index contributed by atoms with van der Waals surface area (Å²) in [5.41, 5.74) is 0. The van der Waals surface area contributed by atoms with E-state index in [0.29, 0.717) is 0 Å². The fourth-order valence-electron chi connectivity index (χ4n) is 0.342. The van der Waals surface area contributed by atoms with Gasteiger partial charge in [0, 0.05) is 0 Å². The average Bonchev–Trinajstić information content (AvgIpc) is 2.32. The first-order valence-corrected chi connectivity index (χ1v) is 10.2. The van der Waals surface area contributed by atoms with Crippen molar-refractivity contribution in [2.45, 2.75) is 13.8 Å². The molecular formula is C10H21MoO6P2S2. The van der Waals surface area contributed by atoms with Crippen molar-refractivity contribution < 1.29 is 50.4 Å². The van der Waals surface area contributed by atoms with E-state index in [1.807, 2.05) is 30.3 Å². The molecule has 1 rings (SSSR count). The molecule has 0 saturated heterocycles. The molecule has 0 aromatic heterocycles. The first-order valence-electron chi connectivity index (χ1n) is 4.89. The predicted molar refractivity (Wildman–Crippen MR) is 89.2 cm³/mol. The van der Waals surface area contributed by atoms with Crippen LogP contribution in [0.1, 0.15) is 13.8 Å². The molecule has 11 heteroatoms. The second kappa shape index (κ2) is 23.2. The summed E-state index contributed by atoms with van der Waals surface area (Å²) >= 11 is 7.21. The molecule has 0 spiro atoms. The summed E-state index contributed by atoms with van der Waals surface area (Å²) in [5.74, 6) is 0. The Kier molecular flexibility index (Phi) is 37.1. The Bertz CT molecular complexity index is 295. The Morgan fingerprint density at radius 3 is 0.952 bits per heavy atom. The molecule has 0 amide bonds. The quantitative estimate of drug-likeness (QED) is 0.196. The van der Waals surface area contributed by atoms with E-state index in [1.165, 1.54) is 0 Å². The van der Waals surface area contributed by atoms with Gasteiger partial charge in [0.2, 0.25) is 0 Å². The van der Waals surface area contributed by atoms with Gasteiger partial charge in [0.25, 0.3) is 0 Å². The second-order valence-electron chi connectivity index (χ2n) is 2.10. The third-order valence-corrected chi connectivity index (χ3v) is 0.607. The van der Waals surface area contributed by atoms with E-state index in [9.17, 15) is 0 Å². The Labute approximate surface area is 151 Å². The Balaban J connectivity index is -0.0000000536. The van der Waals surface area contributed by atoms with Gasteiger partial charge in [0.05, 0.1) is 0 Å². The van der Waals surface area contributed by atoms with E-state index < -0.39 is 13.4 Å². The van der Waals surface area contributed by atoms with Gasteiger partial charge in [0.15, 0.2) is 0 Å². The van der Waals surface area contributed by atoms with Crippen molar-refractivity contribution in [3.8, 4) is 0 Å². The van der Waals surface area contributed by atoms with Crippen LogP contribution in [0.25, 0.3) is 0 Å². The van der Waals surface area contributed by atoms with Crippen LogP contribution in [-0.2, 0) is 44.7 Å². The van der Waals surface area contributed by atoms with Crippen molar-refractivity contribution >= 4 is 37.1 Å². The van der Waals surface area contributed by atoms with E-state index in [-0.39, 0.29) is 21.1 Å². The summed E-state index contributed by atoms with van der Waals surface area (Å²) in [6.45, 7) is 2.39. The smallest absolute Gasteiger partial charge is 0.346 e. The monoisotopic (exact) mass is 461 g/mol. The largest absolute Gasteiger partial charge is 3.00 e. The molecule has 125 valence electrons. The van der Waals surface area contributed by atoms with E-state index in [4.69, 9.17) is 29.4 Å². The van der Waals surface area contributed by atoms with Crippen LogP contribution >= 0.6 is 13.4 Å². The van der Waals surface area contributed by atoms with Crippen molar-refractivity contribution in [3.05, 3.63) is 50.2 Å². The molecule has 0 atom stereocenters. The van der Waals surface area contributed by atoms with Crippen LogP contribution in [0.15, 0.2) is 30.3 Å². The molecule has 0 heterocycles. The SMILES string of the molecule is OP(O)(O)=S.OP(O)(O)=S.[CH2-]C.[CH2-]C.[Mo+3].[c-]1ccccc1. The minimum Gasteiger partial charge on any atom is -0.346 e. The van der Waals surface area contributed by atoms with Crippen molar-refractivity contribution in [3.63, 3.8) is 0 Å². The normalized spacial score (nSPS) is 8.48. The summed E-state index contributed by atoms with van der Waals surface area (Å²) in [7, 11) is 0. The Morgan fingerprint density at radius 2 is 0.905 bits per heavy atom. The molecule has 0 unspecified atom stereocenters. The van der Waals surface area contributed by atoms with Gasteiger partial charge >= 0.3 is 34.5 Å². The van der Waals surface area contributed by atoms with E-state index >= 15 is 0 Å². The van der Waals surface area contributed by atoms with E-state index in [0.717, 1.165) is 0 Å². The van der Waals surface area contributed by atoms with Crippen LogP contribution in [-0.4, -0.2) is 29.4 Å². The Hall–Kier alpha value is 0.968. The van der Waals surface area contributed by atoms with Gasteiger partial charge in [-0.05, 0) is 23.6 Å². The summed E-state index contributed by atoms with van der Waals surface area (Å²) in [4.78, 5) is 45.3. The minimum atomic E-state index is -3.81. The number of hydrogen-bond donors (Lipinski definition) is 6. The Morgan fingerprint density at radius 1 is 0.714 bits per heavy atom. The van der Waals surface area contributed by atoms with Crippen LogP contribution in [0.2, 0.25) is 0 Å². The van der Waals surface area contributed by atoms with Crippen molar-refractivity contribution in [1.29, 1.82) is 0 Å². The number of hydrogen-bond acceptors (Lipinski definition) is 2. The molecule has 21 heavy (non-hydrogen) atoms. The van der Waals surface area contributed by atoms with Gasteiger partial charge in [-0.15, -0.1) is 0 Å². The second-order valence-corrected chi connectivity index (χ2v) is 7.10. The molecule has 6 nitrogen and oxygen atoms in total. The maximum absolute atomic E-state index is 7.56. The van der Waals surface area contributed by atoms with Crippen LogP contribution < -0.4 is 0 Å². The molecule has 0 aliphatic heterocycles. The molecule has 1 radical (unpaired) electrons. The zero-order chi connectivity index (χ0) is 17.2. The van der Waals surface area contributed by atoms with E-state index in [1.54, 1.807) is 13.8 Å². The zero-order valence-electron chi connectivity index (χ0n) is 11.6. The van der Waals surface area contributed by atoms with Crippen molar-refractivity contribution in [1.82, 2.24) is 0 Å². The van der Waals surface area contributed by atoms with Gasteiger partial charge in [-0.3, -0.25) is 0 Å². The van der Waals surface area contributed by atoms with Crippen molar-refractivity contribution in [2.75, 3.05) is 0 Å². The average molecular weight is 459 g/mol. The molecule has 0 aliphatic rings. The molecule has 0 saturated carbocycles. The first kappa shape index (κ1) is 33.5. The molecular weight excluding hydrogens is 438 g/mol. The van der Waals surface area contributed by atoms with Crippen LogP contribution in [0.5, 0.6) is 0 Å². The van der Waals surface area contributed by atoms with Crippen LogP contribution in [0.3, 0.4) is 0 Å². The molecule has 0 aliphatic carbocycles. The maximum atomic E-state index is 7.56. The van der Waals surface area contributed by atoms with Gasteiger partial charge in [-0.25, -0.2) is 0 Å². The zero-order valence-corrected chi connectivity index (χ0v) is 17.0. The molecule has 0 fully saturated rings. The summed E-state index contributed by atoms with van der Waals surface area (Å²) in [5, 5.41) is 0. The summed E-state index contributed by atoms with van der Waals surface area (Å²) in [6.07, 6.45) is 0. The van der Waals surface area contributed by atoms with Gasteiger partial charge in [-0.2, -0.15) is 50.2 Å². The topological polar surface area (TPSA) is 121 Å². The van der Waals surface area contributed by atoms with Gasteiger partial charge in [-0.1, -0.05) is 0 Å². The predicted octanol–water partition coefficient (Wildman–Crippen LogP) is 1.54. The fourth-order valence-corrected chi connectivity index (χ4v) is 0.342. The summed E-state index contributed by atoms with van der Waals surface area (Å²) in [6, 6.07) is 12.5. The standard InChI is InChI=1S/C6H5.2C2H5.Mo.2H3O3PS/c1-2-4-6-5-3-1;2*1-2;;2*1-4(2,3)5/h1-5H;2*1H2,2H3;;2*(H3,1,2,3,5)/q3*-1;+3;;. The third-order valence-electron chi connectivity index (χ3n) is 0.607. The van der Waals surface area contributed by atoms with Crippen LogP contribution in [0.4, 0.5) is 0 Å². The minimum absolute atomic E-state index is 0. The van der Waals surface area contributed by atoms with Crippen molar-refractivity contribution in [2.24, 2.45) is 0 Å².